The third-order valence-corrected chi connectivity index (χ3v) is 1.68. The van der Waals surface area contributed by atoms with Crippen LogP contribution < -0.4 is 0 Å². The average molecular weight is 164 g/mol. The Hall–Kier alpha value is -1.31. The zero-order valence-electron chi connectivity index (χ0n) is 6.95. The van der Waals surface area contributed by atoms with Crippen molar-refractivity contribution in [1.29, 1.82) is 0 Å². The van der Waals surface area contributed by atoms with Crippen molar-refractivity contribution in [2.24, 2.45) is 0 Å². The monoisotopic (exact) mass is 164 g/mol. The van der Waals surface area contributed by atoms with E-state index in [2.05, 4.69) is 6.58 Å². The predicted molar refractivity (Wildman–Crippen MR) is 47.6 cm³/mol. The maximum absolute atomic E-state index is 10.3. The highest BCUT2D eigenvalue weighted by atomic mass is 16.5. The molecule has 2 nitrogen and oxygen atoms in total. The molecule has 0 saturated heterocycles. The summed E-state index contributed by atoms with van der Waals surface area (Å²) in [5.74, 6) is 0.931. The molecule has 64 valence electrons. The van der Waals surface area contributed by atoms with E-state index < -0.39 is 0 Å². The van der Waals surface area contributed by atoms with Crippen LogP contribution in [0.4, 0.5) is 0 Å². The molecular weight excluding hydrogens is 152 g/mol. The summed E-state index contributed by atoms with van der Waals surface area (Å²) >= 11 is 0. The fraction of sp³-hybridized carbons (Fsp3) is 0.300. The van der Waals surface area contributed by atoms with Gasteiger partial charge in [0, 0.05) is 6.42 Å². The quantitative estimate of drug-likeness (QED) is 0.469. The van der Waals surface area contributed by atoms with E-state index in [9.17, 15) is 4.79 Å². The van der Waals surface area contributed by atoms with Crippen LogP contribution >= 0.6 is 0 Å². The van der Waals surface area contributed by atoms with Gasteiger partial charge in [-0.2, -0.15) is 0 Å². The summed E-state index contributed by atoms with van der Waals surface area (Å²) in [6.07, 6.45) is 7.84. The van der Waals surface area contributed by atoms with E-state index >= 15 is 0 Å². The normalized spacial score (nSPS) is 16.0. The molecule has 1 rings (SSSR count). The molecule has 0 spiro atoms. The molecule has 0 aromatic rings. The van der Waals surface area contributed by atoms with Crippen LogP contribution in [0.1, 0.15) is 12.8 Å². The number of carbonyl (C=O) groups is 1. The molecule has 0 saturated carbocycles. The number of hydrogen-bond acceptors (Lipinski definition) is 2. The van der Waals surface area contributed by atoms with Gasteiger partial charge in [0.15, 0.2) is 0 Å². The summed E-state index contributed by atoms with van der Waals surface area (Å²) in [5.41, 5.74) is 0.834. The Morgan fingerprint density at radius 1 is 1.50 bits per heavy atom. The molecule has 1 aliphatic rings. The van der Waals surface area contributed by atoms with Crippen LogP contribution in [0.2, 0.25) is 0 Å². The lowest BCUT2D eigenvalue weighted by atomic mass is 10.1. The van der Waals surface area contributed by atoms with Crippen LogP contribution in [0, 0.1) is 0 Å². The molecular formula is C10H12O2. The lowest BCUT2D eigenvalue weighted by Crippen LogP contribution is -1.98. The highest BCUT2D eigenvalue weighted by molar-refractivity contribution is 5.74. The number of ether oxygens (including phenoxy) is 1. The average Bonchev–Trinajstić information content (AvgIpc) is 2.15. The van der Waals surface area contributed by atoms with Gasteiger partial charge in [-0.25, -0.2) is 0 Å². The molecule has 2 heteroatoms. The maximum Gasteiger partial charge on any atom is 0.146 e. The van der Waals surface area contributed by atoms with Crippen LogP contribution in [0.15, 0.2) is 36.1 Å². The van der Waals surface area contributed by atoms with Crippen molar-refractivity contribution in [1.82, 2.24) is 0 Å². The Kier molecular flexibility index (Phi) is 3.33. The number of aldehydes is 1. The van der Waals surface area contributed by atoms with Gasteiger partial charge in [-0.3, -0.25) is 4.79 Å². The van der Waals surface area contributed by atoms with Crippen LogP contribution in [-0.2, 0) is 9.53 Å². The van der Waals surface area contributed by atoms with Gasteiger partial charge in [0.05, 0.1) is 5.76 Å². The molecule has 0 heterocycles. The van der Waals surface area contributed by atoms with E-state index in [1.165, 1.54) is 0 Å². The van der Waals surface area contributed by atoms with E-state index in [4.69, 9.17) is 4.74 Å². The molecule has 0 atom stereocenters. The Balaban J connectivity index is 2.47. The van der Waals surface area contributed by atoms with Crippen molar-refractivity contribution in [2.75, 3.05) is 6.61 Å². The van der Waals surface area contributed by atoms with E-state index in [0.29, 0.717) is 6.61 Å². The first-order valence-corrected chi connectivity index (χ1v) is 3.95. The van der Waals surface area contributed by atoms with Crippen molar-refractivity contribution in [3.8, 4) is 0 Å². The van der Waals surface area contributed by atoms with Crippen molar-refractivity contribution in [3.05, 3.63) is 36.1 Å². The van der Waals surface area contributed by atoms with Crippen molar-refractivity contribution < 1.29 is 9.53 Å². The summed E-state index contributed by atoms with van der Waals surface area (Å²) in [4.78, 5) is 10.3. The summed E-state index contributed by atoms with van der Waals surface area (Å²) in [6, 6.07) is 0. The molecule has 0 amide bonds. The van der Waals surface area contributed by atoms with Crippen molar-refractivity contribution in [3.63, 3.8) is 0 Å². The van der Waals surface area contributed by atoms with Crippen molar-refractivity contribution in [2.45, 2.75) is 12.8 Å². The van der Waals surface area contributed by atoms with Crippen LogP contribution in [0.25, 0.3) is 0 Å². The minimum Gasteiger partial charge on any atom is -0.494 e. The first-order valence-electron chi connectivity index (χ1n) is 3.95. The summed E-state index contributed by atoms with van der Waals surface area (Å²) in [7, 11) is 0. The van der Waals surface area contributed by atoms with Crippen molar-refractivity contribution >= 4 is 6.29 Å². The third kappa shape index (κ3) is 2.38. The fourth-order valence-electron chi connectivity index (χ4n) is 1.02. The molecule has 0 fully saturated rings. The molecule has 0 N–H and O–H groups in total. The first-order chi connectivity index (χ1) is 5.86. The molecule has 0 aromatic carbocycles. The largest absolute Gasteiger partial charge is 0.494 e. The Labute approximate surface area is 72.2 Å². The summed E-state index contributed by atoms with van der Waals surface area (Å²) in [6.45, 7) is 4.09. The predicted octanol–water partition coefficient (Wildman–Crippen LogP) is 1.99. The highest BCUT2D eigenvalue weighted by Crippen LogP contribution is 2.17. The maximum atomic E-state index is 10.3. The second-order valence-electron chi connectivity index (χ2n) is 2.59. The lowest BCUT2D eigenvalue weighted by Gasteiger charge is -2.11. The minimum absolute atomic E-state index is 0.538. The van der Waals surface area contributed by atoms with Gasteiger partial charge in [-0.1, -0.05) is 18.7 Å². The van der Waals surface area contributed by atoms with Gasteiger partial charge in [-0.15, -0.1) is 0 Å². The van der Waals surface area contributed by atoms with Gasteiger partial charge in [-0.05, 0) is 18.1 Å². The van der Waals surface area contributed by atoms with Crippen LogP contribution in [0.5, 0.6) is 0 Å². The van der Waals surface area contributed by atoms with Gasteiger partial charge >= 0.3 is 0 Å². The Morgan fingerprint density at radius 3 is 2.83 bits per heavy atom. The molecule has 1 aliphatic carbocycles. The van der Waals surface area contributed by atoms with Gasteiger partial charge in [0.25, 0.3) is 0 Å². The zero-order chi connectivity index (χ0) is 8.81. The topological polar surface area (TPSA) is 26.3 Å². The van der Waals surface area contributed by atoms with E-state index in [1.54, 1.807) is 12.2 Å². The smallest absolute Gasteiger partial charge is 0.146 e. The molecule has 0 aliphatic heterocycles. The van der Waals surface area contributed by atoms with E-state index in [0.717, 1.165) is 30.5 Å². The van der Waals surface area contributed by atoms with E-state index in [-0.39, 0.29) is 0 Å². The van der Waals surface area contributed by atoms with Gasteiger partial charge < -0.3 is 4.74 Å². The Morgan fingerprint density at radius 2 is 2.33 bits per heavy atom. The molecule has 0 unspecified atom stereocenters. The van der Waals surface area contributed by atoms with Crippen LogP contribution in [0.3, 0.4) is 0 Å². The molecule has 12 heavy (non-hydrogen) atoms. The third-order valence-electron chi connectivity index (χ3n) is 1.68. The fourth-order valence-corrected chi connectivity index (χ4v) is 1.02. The second-order valence-corrected chi connectivity index (χ2v) is 2.59. The number of hydrogen-bond donors (Lipinski definition) is 0. The zero-order valence-corrected chi connectivity index (χ0v) is 6.95. The number of carbonyl (C=O) groups excluding carboxylic acids is 1. The first kappa shape index (κ1) is 8.78. The molecule has 0 radical (unpaired) electrons. The number of allylic oxidation sites excluding steroid dienone is 4. The molecule has 0 aromatic heterocycles. The highest BCUT2D eigenvalue weighted by Gasteiger charge is 2.05. The second kappa shape index (κ2) is 4.54. The van der Waals surface area contributed by atoms with E-state index in [1.807, 2.05) is 6.08 Å². The summed E-state index contributed by atoms with van der Waals surface area (Å²) in [5, 5.41) is 0. The van der Waals surface area contributed by atoms with Crippen LogP contribution in [-0.4, -0.2) is 12.9 Å². The minimum atomic E-state index is 0.538. The SMILES string of the molecule is C=CCOC1=CC=C(C=O)CC1. The van der Waals surface area contributed by atoms with Gasteiger partial charge in [0.2, 0.25) is 0 Å². The number of rotatable bonds is 4. The standard InChI is InChI=1S/C10H12O2/c1-2-7-12-10-5-3-9(8-11)4-6-10/h2-3,5,8H,1,4,6-7H2. The summed E-state index contributed by atoms with van der Waals surface area (Å²) < 4.78 is 5.31. The lowest BCUT2D eigenvalue weighted by molar-refractivity contribution is -0.105. The Bertz CT molecular complexity index is 236. The molecule has 0 bridgehead atoms. The van der Waals surface area contributed by atoms with Gasteiger partial charge in [0.1, 0.15) is 12.9 Å².